The summed E-state index contributed by atoms with van der Waals surface area (Å²) in [6.45, 7) is 1.93. The highest BCUT2D eigenvalue weighted by atomic mass is 16.5. The summed E-state index contributed by atoms with van der Waals surface area (Å²) in [7, 11) is 3.21. The minimum atomic E-state index is 0.0355. The maximum Gasteiger partial charge on any atom is 0.142 e. The van der Waals surface area contributed by atoms with Gasteiger partial charge in [0.15, 0.2) is 0 Å². The number of anilines is 1. The molecule has 15 heavy (non-hydrogen) atoms. The minimum absolute atomic E-state index is 0.0355. The second-order valence-corrected chi connectivity index (χ2v) is 3.54. The molecule has 1 aromatic carbocycles. The summed E-state index contributed by atoms with van der Waals surface area (Å²) in [5.41, 5.74) is 13.2. The molecule has 1 rings (SSSR count). The molecule has 0 aliphatic heterocycles. The average molecular weight is 210 g/mol. The Morgan fingerprint density at radius 3 is 2.20 bits per heavy atom. The van der Waals surface area contributed by atoms with Crippen LogP contribution in [-0.4, -0.2) is 20.3 Å². The molecule has 0 aromatic heterocycles. The fourth-order valence-corrected chi connectivity index (χ4v) is 1.52. The van der Waals surface area contributed by atoms with E-state index < -0.39 is 0 Å². The van der Waals surface area contributed by atoms with Crippen LogP contribution in [0.15, 0.2) is 12.1 Å². The highest BCUT2D eigenvalue weighted by Gasteiger charge is 2.13. The molecule has 1 aromatic rings. The summed E-state index contributed by atoms with van der Waals surface area (Å²) in [5, 5.41) is 0. The van der Waals surface area contributed by atoms with Crippen molar-refractivity contribution in [3.8, 4) is 11.5 Å². The van der Waals surface area contributed by atoms with E-state index in [-0.39, 0.29) is 6.04 Å². The summed E-state index contributed by atoms with van der Waals surface area (Å²) >= 11 is 0. The Morgan fingerprint density at radius 1 is 1.20 bits per heavy atom. The van der Waals surface area contributed by atoms with Crippen LogP contribution in [0.3, 0.4) is 0 Å². The van der Waals surface area contributed by atoms with Crippen molar-refractivity contribution in [2.75, 3.05) is 20.0 Å². The van der Waals surface area contributed by atoms with Crippen LogP contribution in [0.4, 0.5) is 5.69 Å². The molecule has 4 N–H and O–H groups in total. The van der Waals surface area contributed by atoms with Crippen molar-refractivity contribution in [1.29, 1.82) is 0 Å². The zero-order chi connectivity index (χ0) is 11.4. The third-order valence-corrected chi connectivity index (χ3v) is 2.24. The van der Waals surface area contributed by atoms with Gasteiger partial charge in [0, 0.05) is 11.6 Å². The number of methoxy groups -OCH3 is 2. The van der Waals surface area contributed by atoms with Crippen LogP contribution in [0.25, 0.3) is 0 Å². The number of hydrogen-bond donors (Lipinski definition) is 2. The molecule has 0 saturated heterocycles. The Bertz CT molecular complexity index is 338. The topological polar surface area (TPSA) is 70.5 Å². The van der Waals surface area contributed by atoms with Gasteiger partial charge in [-0.2, -0.15) is 0 Å². The lowest BCUT2D eigenvalue weighted by Gasteiger charge is -2.15. The first-order valence-corrected chi connectivity index (χ1v) is 4.85. The summed E-state index contributed by atoms with van der Waals surface area (Å²) in [6, 6.07) is 3.67. The van der Waals surface area contributed by atoms with Crippen LogP contribution < -0.4 is 20.9 Å². The molecule has 0 saturated carbocycles. The minimum Gasteiger partial charge on any atom is -0.496 e. The quantitative estimate of drug-likeness (QED) is 0.732. The molecule has 0 fully saturated rings. The molecule has 0 aliphatic rings. The van der Waals surface area contributed by atoms with E-state index >= 15 is 0 Å². The van der Waals surface area contributed by atoms with Crippen LogP contribution in [0.2, 0.25) is 0 Å². The number of nitrogen functional groups attached to an aromatic ring is 1. The predicted octanol–water partition coefficient (Wildman–Crippen LogP) is 1.18. The first-order valence-electron chi connectivity index (χ1n) is 4.85. The Kier molecular flexibility index (Phi) is 3.80. The van der Waals surface area contributed by atoms with Crippen molar-refractivity contribution in [1.82, 2.24) is 0 Å². The molecule has 0 bridgehead atoms. The summed E-state index contributed by atoms with van der Waals surface area (Å²) < 4.78 is 10.4. The van der Waals surface area contributed by atoms with Crippen molar-refractivity contribution in [2.45, 2.75) is 19.4 Å². The largest absolute Gasteiger partial charge is 0.496 e. The number of benzene rings is 1. The van der Waals surface area contributed by atoms with E-state index in [0.717, 1.165) is 11.3 Å². The van der Waals surface area contributed by atoms with E-state index in [4.69, 9.17) is 20.9 Å². The fraction of sp³-hybridized carbons (Fsp3) is 0.455. The van der Waals surface area contributed by atoms with Gasteiger partial charge in [0.05, 0.1) is 19.9 Å². The molecule has 1 atom stereocenters. The van der Waals surface area contributed by atoms with E-state index in [9.17, 15) is 0 Å². The Morgan fingerprint density at radius 2 is 1.73 bits per heavy atom. The van der Waals surface area contributed by atoms with Gasteiger partial charge in [-0.05, 0) is 25.5 Å². The monoisotopic (exact) mass is 210 g/mol. The first-order chi connectivity index (χ1) is 7.10. The van der Waals surface area contributed by atoms with E-state index in [2.05, 4.69) is 0 Å². The molecule has 0 aliphatic carbocycles. The third kappa shape index (κ3) is 2.53. The molecule has 84 valence electrons. The first kappa shape index (κ1) is 11.7. The van der Waals surface area contributed by atoms with Gasteiger partial charge >= 0.3 is 0 Å². The van der Waals surface area contributed by atoms with Gasteiger partial charge in [0.2, 0.25) is 0 Å². The Labute approximate surface area is 90.2 Å². The van der Waals surface area contributed by atoms with Crippen LogP contribution in [0.5, 0.6) is 11.5 Å². The zero-order valence-electron chi connectivity index (χ0n) is 9.41. The van der Waals surface area contributed by atoms with Crippen LogP contribution in [-0.2, 0) is 6.42 Å². The smallest absolute Gasteiger partial charge is 0.142 e. The highest BCUT2D eigenvalue weighted by molar-refractivity contribution is 5.63. The SMILES string of the molecule is COc1ccc(OC)c(CC(C)N)c1N. The molecular weight excluding hydrogens is 192 g/mol. The standard InChI is InChI=1S/C11H18N2O2/c1-7(12)6-8-9(14-2)4-5-10(15-3)11(8)13/h4-5,7H,6,12-13H2,1-3H3. The maximum absolute atomic E-state index is 5.96. The Hall–Kier alpha value is -1.42. The van der Waals surface area contributed by atoms with E-state index in [0.29, 0.717) is 17.9 Å². The van der Waals surface area contributed by atoms with Gasteiger partial charge in [0.25, 0.3) is 0 Å². The number of ether oxygens (including phenoxy) is 2. The van der Waals surface area contributed by atoms with Gasteiger partial charge in [-0.25, -0.2) is 0 Å². The van der Waals surface area contributed by atoms with Crippen LogP contribution in [0, 0.1) is 0 Å². The fourth-order valence-electron chi connectivity index (χ4n) is 1.52. The van der Waals surface area contributed by atoms with Gasteiger partial charge in [-0.3, -0.25) is 0 Å². The maximum atomic E-state index is 5.96. The number of nitrogens with two attached hydrogens (primary N) is 2. The lowest BCUT2D eigenvalue weighted by molar-refractivity contribution is 0.399. The normalized spacial score (nSPS) is 12.3. The summed E-state index contributed by atoms with van der Waals surface area (Å²) in [6.07, 6.45) is 0.673. The molecule has 0 spiro atoms. The zero-order valence-corrected chi connectivity index (χ0v) is 9.41. The lowest BCUT2D eigenvalue weighted by atomic mass is 10.0. The number of rotatable bonds is 4. The second kappa shape index (κ2) is 4.89. The molecule has 0 radical (unpaired) electrons. The van der Waals surface area contributed by atoms with Gasteiger partial charge in [-0.15, -0.1) is 0 Å². The molecule has 0 amide bonds. The summed E-state index contributed by atoms with van der Waals surface area (Å²) in [5.74, 6) is 1.41. The predicted molar refractivity (Wildman–Crippen MR) is 61.3 cm³/mol. The van der Waals surface area contributed by atoms with Crippen molar-refractivity contribution in [3.63, 3.8) is 0 Å². The molecule has 4 heteroatoms. The highest BCUT2D eigenvalue weighted by Crippen LogP contribution is 2.33. The van der Waals surface area contributed by atoms with Gasteiger partial charge in [-0.1, -0.05) is 0 Å². The van der Waals surface area contributed by atoms with Crippen molar-refractivity contribution in [2.24, 2.45) is 5.73 Å². The molecule has 4 nitrogen and oxygen atoms in total. The molecule has 1 unspecified atom stereocenters. The second-order valence-electron chi connectivity index (χ2n) is 3.54. The number of hydrogen-bond acceptors (Lipinski definition) is 4. The van der Waals surface area contributed by atoms with Crippen LogP contribution in [0.1, 0.15) is 12.5 Å². The van der Waals surface area contributed by atoms with Crippen molar-refractivity contribution in [3.05, 3.63) is 17.7 Å². The summed E-state index contributed by atoms with van der Waals surface area (Å²) in [4.78, 5) is 0. The van der Waals surface area contributed by atoms with Gasteiger partial charge < -0.3 is 20.9 Å². The van der Waals surface area contributed by atoms with E-state index in [1.54, 1.807) is 20.3 Å². The van der Waals surface area contributed by atoms with Crippen molar-refractivity contribution >= 4 is 5.69 Å². The molecular formula is C11H18N2O2. The molecule has 0 heterocycles. The lowest BCUT2D eigenvalue weighted by Crippen LogP contribution is -2.19. The van der Waals surface area contributed by atoms with E-state index in [1.165, 1.54) is 0 Å². The average Bonchev–Trinajstić information content (AvgIpc) is 2.20. The van der Waals surface area contributed by atoms with Gasteiger partial charge in [0.1, 0.15) is 11.5 Å². The van der Waals surface area contributed by atoms with Crippen LogP contribution >= 0.6 is 0 Å². The van der Waals surface area contributed by atoms with Crippen molar-refractivity contribution < 1.29 is 9.47 Å². The Balaban J connectivity index is 3.16. The van der Waals surface area contributed by atoms with E-state index in [1.807, 2.05) is 13.0 Å². The third-order valence-electron chi connectivity index (χ3n) is 2.24.